The predicted octanol–water partition coefficient (Wildman–Crippen LogP) is 3.50. The average Bonchev–Trinajstić information content (AvgIpc) is 2.36. The van der Waals surface area contributed by atoms with Crippen molar-refractivity contribution in [2.45, 2.75) is 20.8 Å². The van der Waals surface area contributed by atoms with Crippen LogP contribution in [0.2, 0.25) is 0 Å². The summed E-state index contributed by atoms with van der Waals surface area (Å²) >= 11 is 0. The molecule has 0 fully saturated rings. The van der Waals surface area contributed by atoms with Crippen LogP contribution in [0.15, 0.2) is 30.5 Å². The first-order valence-corrected chi connectivity index (χ1v) is 5.92. The van der Waals surface area contributed by atoms with Crippen LogP contribution < -0.4 is 4.74 Å². The number of carbonyl (C=O) groups is 1. The molecule has 1 aromatic carbocycles. The second-order valence-electron chi connectivity index (χ2n) is 4.49. The molecule has 0 unspecified atom stereocenters. The van der Waals surface area contributed by atoms with Gasteiger partial charge in [-0.25, -0.2) is 9.78 Å². The van der Waals surface area contributed by atoms with Crippen LogP contribution in [0.4, 0.5) is 0 Å². The molecular formula is C15H15NO3. The number of hydrogen-bond donors (Lipinski definition) is 1. The molecule has 4 nitrogen and oxygen atoms in total. The third-order valence-electron chi connectivity index (χ3n) is 2.99. The second kappa shape index (κ2) is 5.10. The van der Waals surface area contributed by atoms with E-state index in [1.165, 1.54) is 17.8 Å². The number of aromatic carboxylic acids is 1. The molecule has 0 amide bonds. The number of aromatic nitrogens is 1. The van der Waals surface area contributed by atoms with Gasteiger partial charge in [-0.15, -0.1) is 0 Å². The van der Waals surface area contributed by atoms with Crippen LogP contribution in [0, 0.1) is 20.8 Å². The minimum absolute atomic E-state index is 0.143. The fourth-order valence-electron chi connectivity index (χ4n) is 1.72. The number of hydrogen-bond acceptors (Lipinski definition) is 3. The van der Waals surface area contributed by atoms with Crippen molar-refractivity contribution in [3.05, 3.63) is 52.7 Å². The molecule has 0 aliphatic carbocycles. The minimum atomic E-state index is -0.999. The fourth-order valence-corrected chi connectivity index (χ4v) is 1.72. The Morgan fingerprint density at radius 1 is 1.11 bits per heavy atom. The molecule has 0 radical (unpaired) electrons. The lowest BCUT2D eigenvalue weighted by atomic mass is 10.1. The number of ether oxygens (including phenoxy) is 1. The van der Waals surface area contributed by atoms with Crippen molar-refractivity contribution in [2.75, 3.05) is 0 Å². The summed E-state index contributed by atoms with van der Waals surface area (Å²) < 4.78 is 5.68. The van der Waals surface area contributed by atoms with Crippen LogP contribution in [-0.2, 0) is 0 Å². The summed E-state index contributed by atoms with van der Waals surface area (Å²) in [6, 6.07) is 7.03. The Labute approximate surface area is 111 Å². The Kier molecular flexibility index (Phi) is 3.51. The van der Waals surface area contributed by atoms with Crippen molar-refractivity contribution >= 4 is 5.97 Å². The van der Waals surface area contributed by atoms with Gasteiger partial charge in [0, 0.05) is 12.3 Å². The Balaban J connectivity index is 2.26. The van der Waals surface area contributed by atoms with E-state index in [4.69, 9.17) is 9.84 Å². The van der Waals surface area contributed by atoms with Crippen LogP contribution in [0.25, 0.3) is 0 Å². The van der Waals surface area contributed by atoms with Gasteiger partial charge in [0.1, 0.15) is 5.75 Å². The first kappa shape index (κ1) is 13.1. The molecule has 0 aliphatic heterocycles. The molecule has 1 aromatic heterocycles. The monoisotopic (exact) mass is 257 g/mol. The molecule has 0 bridgehead atoms. The number of aryl methyl sites for hydroxylation is 3. The van der Waals surface area contributed by atoms with Crippen molar-refractivity contribution < 1.29 is 14.6 Å². The lowest BCUT2D eigenvalue weighted by Gasteiger charge is -2.10. The van der Waals surface area contributed by atoms with E-state index in [1.807, 2.05) is 26.8 Å². The highest BCUT2D eigenvalue weighted by molar-refractivity contribution is 5.87. The van der Waals surface area contributed by atoms with Gasteiger partial charge in [-0.2, -0.15) is 0 Å². The van der Waals surface area contributed by atoms with Gasteiger partial charge in [0.05, 0.1) is 5.56 Å². The van der Waals surface area contributed by atoms with Gasteiger partial charge in [-0.3, -0.25) is 0 Å². The van der Waals surface area contributed by atoms with E-state index in [-0.39, 0.29) is 5.56 Å². The standard InChI is InChI=1S/C15H15NO3/c1-9-6-11(3)13(7-10(9)2)19-14-5-4-12(8-16-14)15(17)18/h4-8H,1-3H3,(H,17,18). The van der Waals surface area contributed by atoms with E-state index >= 15 is 0 Å². The summed E-state index contributed by atoms with van der Waals surface area (Å²) in [7, 11) is 0. The third kappa shape index (κ3) is 2.91. The van der Waals surface area contributed by atoms with Crippen LogP contribution in [0.3, 0.4) is 0 Å². The Morgan fingerprint density at radius 3 is 2.37 bits per heavy atom. The second-order valence-corrected chi connectivity index (χ2v) is 4.49. The number of pyridine rings is 1. The maximum absolute atomic E-state index is 10.7. The van der Waals surface area contributed by atoms with Crippen molar-refractivity contribution in [3.8, 4) is 11.6 Å². The van der Waals surface area contributed by atoms with Crippen LogP contribution >= 0.6 is 0 Å². The van der Waals surface area contributed by atoms with Crippen molar-refractivity contribution in [1.29, 1.82) is 0 Å². The Hall–Kier alpha value is -2.36. The predicted molar refractivity (Wildman–Crippen MR) is 71.9 cm³/mol. The number of carboxylic acids is 1. The van der Waals surface area contributed by atoms with Crippen molar-refractivity contribution in [2.24, 2.45) is 0 Å². The topological polar surface area (TPSA) is 59.4 Å². The smallest absolute Gasteiger partial charge is 0.337 e. The Bertz CT molecular complexity index is 618. The van der Waals surface area contributed by atoms with Gasteiger partial charge in [0.15, 0.2) is 0 Å². The van der Waals surface area contributed by atoms with Gasteiger partial charge in [-0.05, 0) is 49.6 Å². The van der Waals surface area contributed by atoms with Gasteiger partial charge < -0.3 is 9.84 Å². The molecule has 0 saturated carbocycles. The van der Waals surface area contributed by atoms with Crippen LogP contribution in [-0.4, -0.2) is 16.1 Å². The quantitative estimate of drug-likeness (QED) is 0.914. The average molecular weight is 257 g/mol. The number of nitrogens with zero attached hydrogens (tertiary/aromatic N) is 1. The van der Waals surface area contributed by atoms with E-state index in [0.717, 1.165) is 16.9 Å². The lowest BCUT2D eigenvalue weighted by molar-refractivity contribution is 0.0696. The molecule has 2 rings (SSSR count). The van der Waals surface area contributed by atoms with Gasteiger partial charge in [0.2, 0.25) is 5.88 Å². The Morgan fingerprint density at radius 2 is 1.79 bits per heavy atom. The van der Waals surface area contributed by atoms with Crippen molar-refractivity contribution in [1.82, 2.24) is 4.98 Å². The molecule has 1 heterocycles. The minimum Gasteiger partial charge on any atom is -0.478 e. The molecular weight excluding hydrogens is 242 g/mol. The van der Waals surface area contributed by atoms with Crippen LogP contribution in [0.5, 0.6) is 11.6 Å². The molecule has 19 heavy (non-hydrogen) atoms. The highest BCUT2D eigenvalue weighted by atomic mass is 16.5. The summed E-state index contributed by atoms with van der Waals surface area (Å²) in [5, 5.41) is 8.80. The first-order chi connectivity index (χ1) is 8.97. The summed E-state index contributed by atoms with van der Waals surface area (Å²) in [4.78, 5) is 14.7. The van der Waals surface area contributed by atoms with Gasteiger partial charge in [0.25, 0.3) is 0 Å². The summed E-state index contributed by atoms with van der Waals surface area (Å²) in [6.45, 7) is 6.03. The molecule has 0 aliphatic rings. The zero-order chi connectivity index (χ0) is 14.0. The summed E-state index contributed by atoms with van der Waals surface area (Å²) in [5.41, 5.74) is 3.51. The highest BCUT2D eigenvalue weighted by Gasteiger charge is 2.07. The van der Waals surface area contributed by atoms with Gasteiger partial charge in [-0.1, -0.05) is 6.07 Å². The summed E-state index contributed by atoms with van der Waals surface area (Å²) in [5.74, 6) is 0.122. The zero-order valence-corrected chi connectivity index (χ0v) is 11.1. The first-order valence-electron chi connectivity index (χ1n) is 5.92. The van der Waals surface area contributed by atoms with E-state index in [2.05, 4.69) is 11.1 Å². The number of carboxylic acid groups (broad SMARTS) is 1. The van der Waals surface area contributed by atoms with E-state index in [1.54, 1.807) is 6.07 Å². The highest BCUT2D eigenvalue weighted by Crippen LogP contribution is 2.26. The molecule has 0 spiro atoms. The fraction of sp³-hybridized carbons (Fsp3) is 0.200. The summed E-state index contributed by atoms with van der Waals surface area (Å²) in [6.07, 6.45) is 1.29. The van der Waals surface area contributed by atoms with E-state index < -0.39 is 5.97 Å². The maximum Gasteiger partial charge on any atom is 0.337 e. The zero-order valence-electron chi connectivity index (χ0n) is 11.1. The number of benzene rings is 1. The molecule has 4 heteroatoms. The van der Waals surface area contributed by atoms with E-state index in [0.29, 0.717) is 5.88 Å². The third-order valence-corrected chi connectivity index (χ3v) is 2.99. The molecule has 2 aromatic rings. The van der Waals surface area contributed by atoms with Gasteiger partial charge >= 0.3 is 5.97 Å². The SMILES string of the molecule is Cc1cc(C)c(Oc2ccc(C(=O)O)cn2)cc1C. The van der Waals surface area contributed by atoms with Crippen LogP contribution in [0.1, 0.15) is 27.0 Å². The molecule has 0 atom stereocenters. The molecule has 1 N–H and O–H groups in total. The molecule has 0 saturated heterocycles. The lowest BCUT2D eigenvalue weighted by Crippen LogP contribution is -1.98. The maximum atomic E-state index is 10.7. The largest absolute Gasteiger partial charge is 0.478 e. The normalized spacial score (nSPS) is 10.3. The molecule has 98 valence electrons. The number of rotatable bonds is 3. The van der Waals surface area contributed by atoms with Crippen molar-refractivity contribution in [3.63, 3.8) is 0 Å². The van der Waals surface area contributed by atoms with E-state index in [9.17, 15) is 4.79 Å².